The van der Waals surface area contributed by atoms with Crippen molar-refractivity contribution < 1.29 is 4.79 Å². The second-order valence-corrected chi connectivity index (χ2v) is 3.79. The molecule has 2 nitrogen and oxygen atoms in total. The van der Waals surface area contributed by atoms with Gasteiger partial charge in [0, 0.05) is 34.7 Å². The smallest absolute Gasteiger partial charge is 0.142 e. The molecule has 0 spiro atoms. The molecule has 1 aromatic heterocycles. The molecule has 76 valence electrons. The highest BCUT2D eigenvalue weighted by Gasteiger charge is 2.03. The fraction of sp³-hybridized carbons (Fsp3) is 0.0833. The van der Waals surface area contributed by atoms with Crippen LogP contribution in [0.2, 0.25) is 5.02 Å². The number of fused-ring (bicyclic) bond motifs is 1. The fourth-order valence-corrected chi connectivity index (χ4v) is 1.83. The number of rotatable bonds is 2. The third-order valence-corrected chi connectivity index (χ3v) is 2.57. The molecule has 0 N–H and O–H groups in total. The number of aromatic nitrogens is 1. The van der Waals surface area contributed by atoms with Crippen LogP contribution in [-0.4, -0.2) is 10.9 Å². The van der Waals surface area contributed by atoms with Crippen LogP contribution in [0, 0.1) is 0 Å². The molecule has 2 rings (SSSR count). The topological polar surface area (TPSA) is 22.0 Å². The zero-order chi connectivity index (χ0) is 10.8. The summed E-state index contributed by atoms with van der Waals surface area (Å²) in [5, 5.41) is 1.81. The molecule has 3 heteroatoms. The van der Waals surface area contributed by atoms with Gasteiger partial charge in [-0.3, -0.25) is 4.79 Å². The van der Waals surface area contributed by atoms with Crippen molar-refractivity contribution in [3.63, 3.8) is 0 Å². The Morgan fingerprint density at radius 1 is 1.40 bits per heavy atom. The number of hydrogen-bond donors (Lipinski definition) is 0. The largest absolute Gasteiger partial charge is 0.350 e. The first kappa shape index (κ1) is 9.99. The minimum atomic E-state index is 0.717. The summed E-state index contributed by atoms with van der Waals surface area (Å²) in [5.41, 5.74) is 2.09. The SMILES string of the molecule is Cn1cc(/C=C/C=O)c2ccc(Cl)cc21. The van der Waals surface area contributed by atoms with Gasteiger partial charge in [-0.25, -0.2) is 0 Å². The van der Waals surface area contributed by atoms with E-state index in [1.165, 1.54) is 6.08 Å². The quantitative estimate of drug-likeness (QED) is 0.562. The summed E-state index contributed by atoms with van der Waals surface area (Å²) in [6, 6.07) is 5.72. The molecular formula is C12H10ClNO. The van der Waals surface area contributed by atoms with Crippen LogP contribution in [0.5, 0.6) is 0 Å². The monoisotopic (exact) mass is 219 g/mol. The molecule has 1 aromatic carbocycles. The lowest BCUT2D eigenvalue weighted by molar-refractivity contribution is -0.104. The normalized spacial score (nSPS) is 11.3. The maximum absolute atomic E-state index is 10.3. The van der Waals surface area contributed by atoms with Crippen molar-refractivity contribution in [2.24, 2.45) is 7.05 Å². The van der Waals surface area contributed by atoms with Crippen molar-refractivity contribution in [1.29, 1.82) is 0 Å². The van der Waals surface area contributed by atoms with Gasteiger partial charge in [0.05, 0.1) is 0 Å². The summed E-state index contributed by atoms with van der Waals surface area (Å²) in [6.45, 7) is 0. The highest BCUT2D eigenvalue weighted by Crippen LogP contribution is 2.24. The lowest BCUT2D eigenvalue weighted by Gasteiger charge is -1.95. The first-order valence-corrected chi connectivity index (χ1v) is 4.96. The van der Waals surface area contributed by atoms with Gasteiger partial charge in [0.1, 0.15) is 6.29 Å². The minimum Gasteiger partial charge on any atom is -0.350 e. The van der Waals surface area contributed by atoms with Crippen molar-refractivity contribution in [3.05, 3.63) is 41.1 Å². The number of carbonyl (C=O) groups is 1. The Balaban J connectivity index is 2.67. The maximum Gasteiger partial charge on any atom is 0.142 e. The summed E-state index contributed by atoms with van der Waals surface area (Å²) in [5.74, 6) is 0. The summed E-state index contributed by atoms with van der Waals surface area (Å²) in [7, 11) is 1.96. The van der Waals surface area contributed by atoms with Crippen molar-refractivity contribution in [2.75, 3.05) is 0 Å². The van der Waals surface area contributed by atoms with E-state index in [-0.39, 0.29) is 0 Å². The van der Waals surface area contributed by atoms with Gasteiger partial charge in [-0.1, -0.05) is 17.7 Å². The van der Waals surface area contributed by atoms with Crippen LogP contribution < -0.4 is 0 Å². The summed E-state index contributed by atoms with van der Waals surface area (Å²) in [6.07, 6.45) is 6.03. The van der Waals surface area contributed by atoms with E-state index in [2.05, 4.69) is 0 Å². The van der Waals surface area contributed by atoms with Crippen LogP contribution in [0.25, 0.3) is 17.0 Å². The van der Waals surface area contributed by atoms with Crippen molar-refractivity contribution in [2.45, 2.75) is 0 Å². The second-order valence-electron chi connectivity index (χ2n) is 3.35. The van der Waals surface area contributed by atoms with E-state index in [0.717, 1.165) is 27.8 Å². The number of nitrogens with zero attached hydrogens (tertiary/aromatic N) is 1. The van der Waals surface area contributed by atoms with E-state index >= 15 is 0 Å². The molecule has 0 unspecified atom stereocenters. The Kier molecular flexibility index (Phi) is 2.60. The lowest BCUT2D eigenvalue weighted by atomic mass is 10.1. The molecule has 0 radical (unpaired) electrons. The minimum absolute atomic E-state index is 0.717. The average Bonchev–Trinajstić information content (AvgIpc) is 2.53. The van der Waals surface area contributed by atoms with Gasteiger partial charge >= 0.3 is 0 Å². The third kappa shape index (κ3) is 1.81. The van der Waals surface area contributed by atoms with Gasteiger partial charge in [-0.2, -0.15) is 0 Å². The van der Waals surface area contributed by atoms with E-state index in [1.54, 1.807) is 6.08 Å². The third-order valence-electron chi connectivity index (χ3n) is 2.34. The Hall–Kier alpha value is -1.54. The summed E-state index contributed by atoms with van der Waals surface area (Å²) < 4.78 is 1.99. The highest BCUT2D eigenvalue weighted by molar-refractivity contribution is 6.31. The molecule has 1 heterocycles. The standard InChI is InChI=1S/C12H10ClNO/c1-14-8-9(3-2-6-15)11-5-4-10(13)7-12(11)14/h2-8H,1H3/b3-2+. The Bertz CT molecular complexity index is 540. The van der Waals surface area contributed by atoms with Crippen molar-refractivity contribution >= 4 is 34.9 Å². The molecule has 0 bridgehead atoms. The highest BCUT2D eigenvalue weighted by atomic mass is 35.5. The number of halogens is 1. The lowest BCUT2D eigenvalue weighted by Crippen LogP contribution is -1.82. The Morgan fingerprint density at radius 3 is 2.93 bits per heavy atom. The van der Waals surface area contributed by atoms with Crippen LogP contribution in [0.1, 0.15) is 5.56 Å². The molecule has 0 amide bonds. The van der Waals surface area contributed by atoms with Crippen LogP contribution in [0.3, 0.4) is 0 Å². The van der Waals surface area contributed by atoms with Crippen LogP contribution in [-0.2, 0) is 11.8 Å². The first-order chi connectivity index (χ1) is 7.22. The van der Waals surface area contributed by atoms with Crippen LogP contribution >= 0.6 is 11.6 Å². The van der Waals surface area contributed by atoms with Crippen molar-refractivity contribution in [1.82, 2.24) is 4.57 Å². The van der Waals surface area contributed by atoms with Gasteiger partial charge < -0.3 is 4.57 Å². The average molecular weight is 220 g/mol. The van der Waals surface area contributed by atoms with E-state index in [0.29, 0.717) is 0 Å². The van der Waals surface area contributed by atoms with Crippen molar-refractivity contribution in [3.8, 4) is 0 Å². The van der Waals surface area contributed by atoms with E-state index in [4.69, 9.17) is 11.6 Å². The van der Waals surface area contributed by atoms with Gasteiger partial charge in [0.15, 0.2) is 0 Å². The molecular weight excluding hydrogens is 210 g/mol. The number of hydrogen-bond acceptors (Lipinski definition) is 1. The Morgan fingerprint density at radius 2 is 2.20 bits per heavy atom. The van der Waals surface area contributed by atoms with Gasteiger partial charge in [0.2, 0.25) is 0 Å². The fourth-order valence-electron chi connectivity index (χ4n) is 1.66. The predicted molar refractivity (Wildman–Crippen MR) is 63.0 cm³/mol. The zero-order valence-corrected chi connectivity index (χ0v) is 9.03. The molecule has 0 saturated heterocycles. The zero-order valence-electron chi connectivity index (χ0n) is 8.27. The molecule has 0 aliphatic carbocycles. The van der Waals surface area contributed by atoms with E-state index in [1.807, 2.05) is 36.0 Å². The molecule has 15 heavy (non-hydrogen) atoms. The second kappa shape index (κ2) is 3.91. The number of benzene rings is 1. The molecule has 0 atom stereocenters. The summed E-state index contributed by atoms with van der Waals surface area (Å²) >= 11 is 5.92. The predicted octanol–water partition coefficient (Wildman–Crippen LogP) is 3.04. The number of aldehydes is 1. The molecule has 0 aliphatic rings. The maximum atomic E-state index is 10.3. The molecule has 0 fully saturated rings. The molecule has 0 aliphatic heterocycles. The van der Waals surface area contributed by atoms with E-state index in [9.17, 15) is 4.79 Å². The van der Waals surface area contributed by atoms with E-state index < -0.39 is 0 Å². The Labute approximate surface area is 92.8 Å². The molecule has 2 aromatic rings. The van der Waals surface area contributed by atoms with Gasteiger partial charge in [-0.05, 0) is 24.3 Å². The van der Waals surface area contributed by atoms with Crippen LogP contribution in [0.15, 0.2) is 30.5 Å². The number of carbonyl (C=O) groups excluding carboxylic acids is 1. The molecule has 0 saturated carbocycles. The van der Waals surface area contributed by atoms with Gasteiger partial charge in [0.25, 0.3) is 0 Å². The summed E-state index contributed by atoms with van der Waals surface area (Å²) in [4.78, 5) is 10.3. The first-order valence-electron chi connectivity index (χ1n) is 4.59. The van der Waals surface area contributed by atoms with Crippen LogP contribution in [0.4, 0.5) is 0 Å². The number of aryl methyl sites for hydroxylation is 1. The van der Waals surface area contributed by atoms with Gasteiger partial charge in [-0.15, -0.1) is 0 Å². The number of allylic oxidation sites excluding steroid dienone is 1.